The first-order valence-corrected chi connectivity index (χ1v) is 10.3. The number of allylic oxidation sites excluding steroid dienone is 2. The molecule has 0 aliphatic heterocycles. The molecule has 134 valence electrons. The van der Waals surface area contributed by atoms with Gasteiger partial charge in [-0.3, -0.25) is 0 Å². The first-order chi connectivity index (χ1) is 11.4. The van der Waals surface area contributed by atoms with Gasteiger partial charge in [-0.2, -0.15) is 0 Å². The standard InChI is InChI=1S/C23H36O/c1-15(2)19-8-9-20-18-7-6-16-14-17(24-5)10-12-22(16,3)21(18)11-13-23(19,20)4/h6,17-21H,1,7-14H2,2-5H3/t17-,18?,19+,20?,21?,22-,23+/m0/s1. The Morgan fingerprint density at radius 1 is 1.12 bits per heavy atom. The van der Waals surface area contributed by atoms with Crippen molar-refractivity contribution in [3.05, 3.63) is 23.8 Å². The van der Waals surface area contributed by atoms with E-state index >= 15 is 0 Å². The summed E-state index contributed by atoms with van der Waals surface area (Å²) in [5.74, 6) is 3.52. The lowest BCUT2D eigenvalue weighted by molar-refractivity contribution is -0.0492. The number of methoxy groups -OCH3 is 1. The SMILES string of the molecule is C=C(C)[C@H]1CCC2C3CC=C4C[C@@H](OC)CC[C@]4(C)C3CC[C@@]21C. The minimum Gasteiger partial charge on any atom is -0.381 e. The van der Waals surface area contributed by atoms with Gasteiger partial charge in [0, 0.05) is 7.11 Å². The molecule has 4 aliphatic rings. The Kier molecular flexibility index (Phi) is 4.03. The molecule has 0 N–H and O–H groups in total. The zero-order valence-corrected chi connectivity index (χ0v) is 16.2. The van der Waals surface area contributed by atoms with Crippen molar-refractivity contribution in [2.24, 2.45) is 34.5 Å². The van der Waals surface area contributed by atoms with Gasteiger partial charge in [0.1, 0.15) is 0 Å². The van der Waals surface area contributed by atoms with E-state index in [4.69, 9.17) is 4.74 Å². The van der Waals surface area contributed by atoms with Crippen molar-refractivity contribution >= 4 is 0 Å². The van der Waals surface area contributed by atoms with Gasteiger partial charge in [0.2, 0.25) is 0 Å². The average Bonchev–Trinajstić information content (AvgIpc) is 2.91. The minimum atomic E-state index is 0.459. The van der Waals surface area contributed by atoms with Crippen LogP contribution in [0, 0.1) is 34.5 Å². The smallest absolute Gasteiger partial charge is 0.0608 e. The van der Waals surface area contributed by atoms with Gasteiger partial charge in [0.05, 0.1) is 6.10 Å². The topological polar surface area (TPSA) is 9.23 Å². The second-order valence-electron chi connectivity index (χ2n) is 9.88. The quantitative estimate of drug-likeness (QED) is 0.552. The number of fused-ring (bicyclic) bond motifs is 5. The minimum absolute atomic E-state index is 0.459. The third-order valence-electron chi connectivity index (χ3n) is 8.99. The van der Waals surface area contributed by atoms with Crippen LogP contribution < -0.4 is 0 Å². The van der Waals surface area contributed by atoms with E-state index < -0.39 is 0 Å². The van der Waals surface area contributed by atoms with E-state index in [0.29, 0.717) is 16.9 Å². The van der Waals surface area contributed by atoms with E-state index in [1.165, 1.54) is 56.9 Å². The molecule has 7 atom stereocenters. The van der Waals surface area contributed by atoms with Crippen LogP contribution in [0.4, 0.5) is 0 Å². The average molecular weight is 329 g/mol. The summed E-state index contributed by atoms with van der Waals surface area (Å²) >= 11 is 0. The monoisotopic (exact) mass is 328 g/mol. The van der Waals surface area contributed by atoms with Crippen molar-refractivity contribution < 1.29 is 4.74 Å². The highest BCUT2D eigenvalue weighted by Crippen LogP contribution is 2.67. The Morgan fingerprint density at radius 3 is 2.62 bits per heavy atom. The molecule has 0 saturated heterocycles. The van der Waals surface area contributed by atoms with Gasteiger partial charge in [-0.25, -0.2) is 0 Å². The first kappa shape index (κ1) is 16.9. The molecule has 0 aromatic heterocycles. The van der Waals surface area contributed by atoms with Crippen molar-refractivity contribution in [1.29, 1.82) is 0 Å². The van der Waals surface area contributed by atoms with E-state index in [2.05, 4.69) is 33.4 Å². The third kappa shape index (κ3) is 2.23. The molecule has 4 rings (SSSR count). The molecule has 0 spiro atoms. The van der Waals surface area contributed by atoms with Crippen LogP contribution >= 0.6 is 0 Å². The maximum absolute atomic E-state index is 5.70. The normalized spacial score (nSPS) is 50.5. The highest BCUT2D eigenvalue weighted by atomic mass is 16.5. The molecule has 0 radical (unpaired) electrons. The number of rotatable bonds is 2. The van der Waals surface area contributed by atoms with E-state index in [-0.39, 0.29) is 0 Å². The number of hydrogen-bond donors (Lipinski definition) is 0. The van der Waals surface area contributed by atoms with Gasteiger partial charge >= 0.3 is 0 Å². The van der Waals surface area contributed by atoms with Gasteiger partial charge < -0.3 is 4.74 Å². The molecule has 24 heavy (non-hydrogen) atoms. The van der Waals surface area contributed by atoms with Crippen LogP contribution in [0.2, 0.25) is 0 Å². The van der Waals surface area contributed by atoms with Crippen LogP contribution in [0.15, 0.2) is 23.8 Å². The van der Waals surface area contributed by atoms with E-state index in [0.717, 1.165) is 23.7 Å². The van der Waals surface area contributed by atoms with Crippen LogP contribution in [0.1, 0.15) is 72.1 Å². The lowest BCUT2D eigenvalue weighted by Gasteiger charge is -2.58. The Hall–Kier alpha value is -0.560. The Morgan fingerprint density at radius 2 is 1.92 bits per heavy atom. The Bertz CT molecular complexity index is 560. The zero-order chi connectivity index (χ0) is 17.1. The maximum atomic E-state index is 5.70. The van der Waals surface area contributed by atoms with Crippen LogP contribution in [0.5, 0.6) is 0 Å². The van der Waals surface area contributed by atoms with Crippen molar-refractivity contribution in [2.75, 3.05) is 7.11 Å². The largest absolute Gasteiger partial charge is 0.381 e. The van der Waals surface area contributed by atoms with Gasteiger partial charge in [-0.05, 0) is 92.8 Å². The Balaban J connectivity index is 1.63. The molecule has 4 aliphatic carbocycles. The van der Waals surface area contributed by atoms with E-state index in [9.17, 15) is 0 Å². The molecular formula is C23H36O. The molecule has 1 nitrogen and oxygen atoms in total. The fourth-order valence-electron chi connectivity index (χ4n) is 7.64. The zero-order valence-electron chi connectivity index (χ0n) is 16.2. The highest BCUT2D eigenvalue weighted by molar-refractivity contribution is 5.26. The predicted octanol–water partition coefficient (Wildman–Crippen LogP) is 6.16. The predicted molar refractivity (Wildman–Crippen MR) is 101 cm³/mol. The van der Waals surface area contributed by atoms with Crippen molar-refractivity contribution in [2.45, 2.75) is 78.2 Å². The lowest BCUT2D eigenvalue weighted by atomic mass is 9.47. The fraction of sp³-hybridized carbons (Fsp3) is 0.826. The summed E-state index contributed by atoms with van der Waals surface area (Å²) in [6.45, 7) is 11.8. The third-order valence-corrected chi connectivity index (χ3v) is 8.99. The molecule has 1 heteroatoms. The van der Waals surface area contributed by atoms with Crippen LogP contribution in [0.3, 0.4) is 0 Å². The summed E-state index contributed by atoms with van der Waals surface area (Å²) in [4.78, 5) is 0. The van der Waals surface area contributed by atoms with Crippen LogP contribution in [-0.2, 0) is 4.74 Å². The van der Waals surface area contributed by atoms with Crippen molar-refractivity contribution in [1.82, 2.24) is 0 Å². The molecule has 0 aromatic rings. The highest BCUT2D eigenvalue weighted by Gasteiger charge is 2.58. The lowest BCUT2D eigenvalue weighted by Crippen LogP contribution is -2.50. The molecule has 0 heterocycles. The maximum Gasteiger partial charge on any atom is 0.0608 e. The van der Waals surface area contributed by atoms with Gasteiger partial charge in [-0.1, -0.05) is 37.6 Å². The molecule has 3 unspecified atom stereocenters. The molecular weight excluding hydrogens is 292 g/mol. The van der Waals surface area contributed by atoms with E-state index in [1.54, 1.807) is 5.57 Å². The molecule has 0 amide bonds. The van der Waals surface area contributed by atoms with Crippen molar-refractivity contribution in [3.63, 3.8) is 0 Å². The van der Waals surface area contributed by atoms with Crippen LogP contribution in [-0.4, -0.2) is 13.2 Å². The summed E-state index contributed by atoms with van der Waals surface area (Å²) < 4.78 is 5.70. The van der Waals surface area contributed by atoms with Crippen LogP contribution in [0.25, 0.3) is 0 Å². The second kappa shape index (κ2) is 5.73. The summed E-state index contributed by atoms with van der Waals surface area (Å²) in [5, 5.41) is 0. The van der Waals surface area contributed by atoms with Gasteiger partial charge in [0.25, 0.3) is 0 Å². The number of ether oxygens (including phenoxy) is 1. The summed E-state index contributed by atoms with van der Waals surface area (Å²) in [7, 11) is 1.89. The summed E-state index contributed by atoms with van der Waals surface area (Å²) in [6.07, 6.45) is 13.9. The first-order valence-electron chi connectivity index (χ1n) is 10.3. The Labute approximate surface area is 148 Å². The van der Waals surface area contributed by atoms with Gasteiger partial charge in [0.15, 0.2) is 0 Å². The molecule has 0 bridgehead atoms. The van der Waals surface area contributed by atoms with E-state index in [1.807, 2.05) is 7.11 Å². The second-order valence-corrected chi connectivity index (χ2v) is 9.88. The summed E-state index contributed by atoms with van der Waals surface area (Å²) in [6, 6.07) is 0. The molecule has 3 fully saturated rings. The van der Waals surface area contributed by atoms with Crippen molar-refractivity contribution in [3.8, 4) is 0 Å². The summed E-state index contributed by atoms with van der Waals surface area (Å²) in [5.41, 5.74) is 4.16. The van der Waals surface area contributed by atoms with Gasteiger partial charge in [-0.15, -0.1) is 0 Å². The number of hydrogen-bond acceptors (Lipinski definition) is 1. The molecule has 0 aromatic carbocycles. The molecule has 3 saturated carbocycles. The fourth-order valence-corrected chi connectivity index (χ4v) is 7.64.